The zero-order valence-electron chi connectivity index (χ0n) is 14.6. The second-order valence-electron chi connectivity index (χ2n) is 5.69. The number of thiophene rings is 2. The first-order valence-electron chi connectivity index (χ1n) is 8.25. The van der Waals surface area contributed by atoms with Crippen molar-refractivity contribution in [1.82, 2.24) is 15.6 Å². The summed E-state index contributed by atoms with van der Waals surface area (Å²) in [5.41, 5.74) is 0.611. The molecule has 2 N–H and O–H groups in total. The largest absolute Gasteiger partial charge is 0.346 e. The lowest BCUT2D eigenvalue weighted by Gasteiger charge is -2.16. The van der Waals surface area contributed by atoms with Crippen molar-refractivity contribution in [3.8, 4) is 0 Å². The molecule has 0 aliphatic carbocycles. The molecule has 0 spiro atoms. The Morgan fingerprint density at radius 2 is 1.71 bits per heavy atom. The van der Waals surface area contributed by atoms with E-state index in [1.54, 1.807) is 53.4 Å². The van der Waals surface area contributed by atoms with Crippen LogP contribution in [-0.2, 0) is 26.0 Å². The summed E-state index contributed by atoms with van der Waals surface area (Å²) >= 11 is 2.41. The number of amides is 2. The molecule has 10 heteroatoms. The minimum Gasteiger partial charge on any atom is -0.346 e. The van der Waals surface area contributed by atoms with E-state index in [2.05, 4.69) is 15.6 Å². The van der Waals surface area contributed by atoms with Crippen molar-refractivity contribution in [2.24, 2.45) is 0 Å². The normalized spacial score (nSPS) is 12.3. The van der Waals surface area contributed by atoms with Gasteiger partial charge in [-0.15, -0.1) is 22.7 Å². The number of sulfone groups is 1. The molecular formula is C18H17N3O4S3. The number of nitrogens with zero attached hydrogens (tertiary/aromatic N) is 1. The van der Waals surface area contributed by atoms with Gasteiger partial charge in [-0.1, -0.05) is 18.2 Å². The highest BCUT2D eigenvalue weighted by molar-refractivity contribution is 7.93. The second-order valence-corrected chi connectivity index (χ2v) is 9.98. The number of nitrogens with one attached hydrogen (secondary N) is 2. The van der Waals surface area contributed by atoms with Crippen molar-refractivity contribution < 1.29 is 18.0 Å². The molecule has 0 aliphatic rings. The van der Waals surface area contributed by atoms with E-state index < -0.39 is 26.9 Å². The van der Waals surface area contributed by atoms with Gasteiger partial charge in [0.1, 0.15) is 9.46 Å². The van der Waals surface area contributed by atoms with E-state index in [-0.39, 0.29) is 17.3 Å². The maximum atomic E-state index is 12.9. The Balaban J connectivity index is 1.65. The third-order valence-corrected chi connectivity index (χ3v) is 8.47. The highest BCUT2D eigenvalue weighted by atomic mass is 32.2. The molecule has 1 atom stereocenters. The van der Waals surface area contributed by atoms with Crippen molar-refractivity contribution >= 4 is 44.3 Å². The minimum atomic E-state index is -3.68. The van der Waals surface area contributed by atoms with Crippen molar-refractivity contribution in [1.29, 1.82) is 0 Å². The van der Waals surface area contributed by atoms with Crippen molar-refractivity contribution in [3.05, 3.63) is 70.0 Å². The summed E-state index contributed by atoms with van der Waals surface area (Å²) in [6.45, 7) is -0.0917. The number of aromatic nitrogens is 1. The Hall–Kier alpha value is -2.56. The number of carbonyl (C=O) groups is 2. The lowest BCUT2D eigenvalue weighted by Crippen LogP contribution is -2.42. The number of carbonyl (C=O) groups excluding carboxylic acids is 2. The van der Waals surface area contributed by atoms with Crippen LogP contribution in [0.5, 0.6) is 0 Å². The molecule has 0 aromatic carbocycles. The fourth-order valence-corrected chi connectivity index (χ4v) is 6.41. The zero-order valence-corrected chi connectivity index (χ0v) is 17.0. The Morgan fingerprint density at radius 3 is 2.36 bits per heavy atom. The Labute approximate surface area is 170 Å². The number of pyridine rings is 1. The summed E-state index contributed by atoms with van der Waals surface area (Å²) in [5, 5.41) is 7.40. The number of hydrogen-bond acceptors (Lipinski definition) is 7. The van der Waals surface area contributed by atoms with Gasteiger partial charge in [0, 0.05) is 17.6 Å². The average molecular weight is 436 g/mol. The van der Waals surface area contributed by atoms with Gasteiger partial charge in [-0.3, -0.25) is 14.6 Å². The zero-order chi connectivity index (χ0) is 20.0. The van der Waals surface area contributed by atoms with Crippen LogP contribution in [0.25, 0.3) is 0 Å². The summed E-state index contributed by atoms with van der Waals surface area (Å²) in [7, 11) is -3.68. The van der Waals surface area contributed by atoms with Gasteiger partial charge in [-0.05, 0) is 35.0 Å². The topological polar surface area (TPSA) is 105 Å². The van der Waals surface area contributed by atoms with E-state index in [4.69, 9.17) is 0 Å². The molecule has 3 aromatic heterocycles. The molecule has 2 amide bonds. The molecule has 0 fully saturated rings. The van der Waals surface area contributed by atoms with Crippen molar-refractivity contribution in [3.63, 3.8) is 0 Å². The molecule has 0 radical (unpaired) electrons. The lowest BCUT2D eigenvalue weighted by atomic mass is 10.3. The third-order valence-electron chi connectivity index (χ3n) is 3.82. The molecule has 3 heterocycles. The fourth-order valence-electron chi connectivity index (χ4n) is 2.42. The molecule has 1 unspecified atom stereocenters. The van der Waals surface area contributed by atoms with E-state index in [9.17, 15) is 18.0 Å². The summed E-state index contributed by atoms with van der Waals surface area (Å²) in [6.07, 6.45) is 1.59. The summed E-state index contributed by atoms with van der Waals surface area (Å²) in [5.74, 6) is -1.73. The predicted molar refractivity (Wildman–Crippen MR) is 108 cm³/mol. The molecule has 146 valence electrons. The van der Waals surface area contributed by atoms with Crippen LogP contribution >= 0.6 is 22.7 Å². The number of rotatable bonds is 7. The van der Waals surface area contributed by atoms with Gasteiger partial charge in [0.05, 0.1) is 12.2 Å². The molecule has 0 saturated heterocycles. The van der Waals surface area contributed by atoms with Gasteiger partial charge < -0.3 is 10.6 Å². The Bertz CT molecular complexity index is 1020. The van der Waals surface area contributed by atoms with Crippen LogP contribution in [0.15, 0.2) is 63.6 Å². The summed E-state index contributed by atoms with van der Waals surface area (Å²) in [6, 6.07) is 11.9. The highest BCUT2D eigenvalue weighted by Gasteiger charge is 2.31. The molecule has 3 rings (SSSR count). The van der Waals surface area contributed by atoms with Crippen LogP contribution in [0.4, 0.5) is 0 Å². The molecule has 28 heavy (non-hydrogen) atoms. The van der Waals surface area contributed by atoms with Crippen LogP contribution < -0.4 is 10.6 Å². The van der Waals surface area contributed by atoms with Crippen molar-refractivity contribution in [2.75, 3.05) is 6.54 Å². The monoisotopic (exact) mass is 435 g/mol. The highest BCUT2D eigenvalue weighted by Crippen LogP contribution is 2.33. The van der Waals surface area contributed by atoms with Gasteiger partial charge in [0.15, 0.2) is 9.84 Å². The molecule has 0 bridgehead atoms. The first-order valence-corrected chi connectivity index (χ1v) is 11.6. The quantitative estimate of drug-likeness (QED) is 0.553. The lowest BCUT2D eigenvalue weighted by molar-refractivity contribution is -0.139. The maximum Gasteiger partial charge on any atom is 0.309 e. The molecule has 0 aliphatic heterocycles. The average Bonchev–Trinajstić information content (AvgIpc) is 3.41. The molecular weight excluding hydrogens is 418 g/mol. The van der Waals surface area contributed by atoms with Gasteiger partial charge in [-0.2, -0.15) is 0 Å². The molecule has 0 saturated carbocycles. The van der Waals surface area contributed by atoms with Crippen LogP contribution in [0, 0.1) is 0 Å². The first kappa shape index (κ1) is 20.2. The van der Waals surface area contributed by atoms with Crippen LogP contribution in [0.2, 0.25) is 0 Å². The van der Waals surface area contributed by atoms with Crippen LogP contribution in [0.3, 0.4) is 0 Å². The second kappa shape index (κ2) is 9.09. The van der Waals surface area contributed by atoms with E-state index >= 15 is 0 Å². The smallest absolute Gasteiger partial charge is 0.309 e. The standard InChI is InChI=1S/C18H17N3O4S3/c22-17(20-11-13-5-1-2-8-19-13)18(23)21-12-15(14-6-3-9-26-14)28(24,25)16-7-4-10-27-16/h1-10,15H,11-12H2,(H,20,22)(H,21,23). The predicted octanol–water partition coefficient (Wildman–Crippen LogP) is 2.15. The molecule has 7 nitrogen and oxygen atoms in total. The van der Waals surface area contributed by atoms with Crippen LogP contribution in [-0.4, -0.2) is 31.8 Å². The first-order chi connectivity index (χ1) is 13.5. The van der Waals surface area contributed by atoms with Crippen LogP contribution in [0.1, 0.15) is 15.8 Å². The van der Waals surface area contributed by atoms with E-state index in [1.807, 2.05) is 0 Å². The van der Waals surface area contributed by atoms with Crippen molar-refractivity contribution in [2.45, 2.75) is 16.0 Å². The fraction of sp³-hybridized carbons (Fsp3) is 0.167. The van der Waals surface area contributed by atoms with Gasteiger partial charge in [0.25, 0.3) is 0 Å². The van der Waals surface area contributed by atoms with Gasteiger partial charge in [-0.25, -0.2) is 8.42 Å². The summed E-state index contributed by atoms with van der Waals surface area (Å²) in [4.78, 5) is 28.8. The minimum absolute atomic E-state index is 0.106. The Kier molecular flexibility index (Phi) is 6.55. The molecule has 3 aromatic rings. The van der Waals surface area contributed by atoms with E-state index in [0.717, 1.165) is 11.3 Å². The SMILES string of the molecule is O=C(NCc1ccccn1)C(=O)NCC(c1cccs1)S(=O)(=O)c1cccs1. The van der Waals surface area contributed by atoms with E-state index in [1.165, 1.54) is 17.4 Å². The Morgan fingerprint density at radius 1 is 0.964 bits per heavy atom. The summed E-state index contributed by atoms with van der Waals surface area (Å²) < 4.78 is 26.1. The van der Waals surface area contributed by atoms with Gasteiger partial charge >= 0.3 is 11.8 Å². The van der Waals surface area contributed by atoms with Gasteiger partial charge in [0.2, 0.25) is 0 Å². The number of hydrogen-bond donors (Lipinski definition) is 2. The third kappa shape index (κ3) is 4.83. The maximum absolute atomic E-state index is 12.9. The van der Waals surface area contributed by atoms with E-state index in [0.29, 0.717) is 10.6 Å².